The van der Waals surface area contributed by atoms with Gasteiger partial charge >= 0.3 is 0 Å². The summed E-state index contributed by atoms with van der Waals surface area (Å²) in [5, 5.41) is 0. The van der Waals surface area contributed by atoms with Crippen molar-refractivity contribution in [2.45, 2.75) is 26.5 Å². The third-order valence-electron chi connectivity index (χ3n) is 3.61. The van der Waals surface area contributed by atoms with Gasteiger partial charge in [0.25, 0.3) is 0 Å². The molecule has 0 saturated carbocycles. The molecule has 0 aromatic rings. The van der Waals surface area contributed by atoms with Crippen molar-refractivity contribution in [2.24, 2.45) is 17.8 Å². The maximum Gasteiger partial charge on any atom is 0.228 e. The van der Waals surface area contributed by atoms with Gasteiger partial charge in [-0.15, -0.1) is 0 Å². The van der Waals surface area contributed by atoms with Crippen molar-refractivity contribution in [2.75, 3.05) is 13.7 Å². The molecular formula is C12H19NO2. The average molecular weight is 209 g/mol. The summed E-state index contributed by atoms with van der Waals surface area (Å²) < 4.78 is 5.70. The average Bonchev–Trinajstić information content (AvgIpc) is 2.46. The van der Waals surface area contributed by atoms with Crippen LogP contribution in [-0.4, -0.2) is 30.7 Å². The first-order valence-electron chi connectivity index (χ1n) is 5.71. The molecular weight excluding hydrogens is 190 g/mol. The van der Waals surface area contributed by atoms with E-state index in [-0.39, 0.29) is 18.1 Å². The second-order valence-corrected chi connectivity index (χ2v) is 4.50. The van der Waals surface area contributed by atoms with Crippen LogP contribution in [0.2, 0.25) is 0 Å². The Balaban J connectivity index is 2.24. The third kappa shape index (κ3) is 1.59. The Morgan fingerprint density at radius 2 is 2.33 bits per heavy atom. The molecule has 15 heavy (non-hydrogen) atoms. The minimum Gasteiger partial charge on any atom is -0.358 e. The first kappa shape index (κ1) is 10.7. The molecule has 4 atom stereocenters. The molecule has 3 nitrogen and oxygen atoms in total. The Hall–Kier alpha value is -0.830. The number of hydrogen-bond donors (Lipinski definition) is 0. The van der Waals surface area contributed by atoms with Gasteiger partial charge < -0.3 is 9.64 Å². The molecule has 84 valence electrons. The number of ether oxygens (including phenoxy) is 1. The lowest BCUT2D eigenvalue weighted by Crippen LogP contribution is -2.36. The maximum absolute atomic E-state index is 12.0. The summed E-state index contributed by atoms with van der Waals surface area (Å²) in [6.45, 7) is 4.82. The van der Waals surface area contributed by atoms with E-state index < -0.39 is 0 Å². The number of fused-ring (bicyclic) bond motifs is 1. The van der Waals surface area contributed by atoms with Crippen LogP contribution in [0.1, 0.15) is 20.3 Å². The monoisotopic (exact) mass is 209 g/mol. The quantitative estimate of drug-likeness (QED) is 0.647. The van der Waals surface area contributed by atoms with Gasteiger partial charge in [-0.2, -0.15) is 0 Å². The van der Waals surface area contributed by atoms with Gasteiger partial charge in [-0.25, -0.2) is 0 Å². The van der Waals surface area contributed by atoms with Gasteiger partial charge in [0.05, 0.1) is 0 Å². The van der Waals surface area contributed by atoms with E-state index in [0.717, 1.165) is 6.42 Å². The lowest BCUT2D eigenvalue weighted by molar-refractivity contribution is -0.136. The molecule has 2 rings (SSSR count). The summed E-state index contributed by atoms with van der Waals surface area (Å²) in [6, 6.07) is 0. The van der Waals surface area contributed by atoms with Gasteiger partial charge in [0.15, 0.2) is 0 Å². The summed E-state index contributed by atoms with van der Waals surface area (Å²) in [7, 11) is 1.85. The predicted octanol–water partition coefficient (Wildman–Crippen LogP) is 1.65. The molecule has 1 saturated heterocycles. The zero-order valence-corrected chi connectivity index (χ0v) is 9.64. The smallest absolute Gasteiger partial charge is 0.228 e. The van der Waals surface area contributed by atoms with Crippen molar-refractivity contribution in [3.05, 3.63) is 12.2 Å². The van der Waals surface area contributed by atoms with Gasteiger partial charge in [0.2, 0.25) is 5.91 Å². The fourth-order valence-electron chi connectivity index (χ4n) is 2.85. The number of rotatable bonds is 2. The highest BCUT2D eigenvalue weighted by Crippen LogP contribution is 2.41. The highest BCUT2D eigenvalue weighted by atomic mass is 16.5. The zero-order chi connectivity index (χ0) is 11.0. The number of amides is 1. The molecule has 1 fully saturated rings. The molecule has 0 N–H and O–H groups in total. The Morgan fingerprint density at radius 3 is 3.00 bits per heavy atom. The number of allylic oxidation sites excluding steroid dienone is 2. The highest BCUT2D eigenvalue weighted by Gasteiger charge is 2.49. The second kappa shape index (κ2) is 3.97. The van der Waals surface area contributed by atoms with E-state index in [1.807, 2.05) is 14.0 Å². The molecule has 1 heterocycles. The summed E-state index contributed by atoms with van der Waals surface area (Å²) in [4.78, 5) is 13.8. The van der Waals surface area contributed by atoms with E-state index >= 15 is 0 Å². The SMILES string of the molecule is CCO[C@@H]1[C@H]2[C@@H](C)C=CC[C@H]2C(=O)N1C. The van der Waals surface area contributed by atoms with Crippen molar-refractivity contribution in [3.63, 3.8) is 0 Å². The van der Waals surface area contributed by atoms with E-state index in [1.165, 1.54) is 0 Å². The van der Waals surface area contributed by atoms with E-state index in [9.17, 15) is 4.79 Å². The van der Waals surface area contributed by atoms with Gasteiger partial charge in [0.1, 0.15) is 6.23 Å². The van der Waals surface area contributed by atoms with Crippen LogP contribution in [0, 0.1) is 17.8 Å². The summed E-state index contributed by atoms with van der Waals surface area (Å²) >= 11 is 0. The normalized spacial score (nSPS) is 39.7. The number of carbonyl (C=O) groups is 1. The largest absolute Gasteiger partial charge is 0.358 e. The first-order valence-corrected chi connectivity index (χ1v) is 5.71. The molecule has 0 aromatic heterocycles. The number of likely N-dealkylation sites (tertiary alicyclic amines) is 1. The fraction of sp³-hybridized carbons (Fsp3) is 0.750. The zero-order valence-electron chi connectivity index (χ0n) is 9.64. The molecule has 1 aliphatic carbocycles. The Labute approximate surface area is 91.1 Å². The van der Waals surface area contributed by atoms with E-state index in [2.05, 4.69) is 19.1 Å². The van der Waals surface area contributed by atoms with E-state index in [4.69, 9.17) is 4.74 Å². The van der Waals surface area contributed by atoms with Crippen LogP contribution in [0.15, 0.2) is 12.2 Å². The van der Waals surface area contributed by atoms with Gasteiger partial charge in [-0.05, 0) is 19.3 Å². The fourth-order valence-corrected chi connectivity index (χ4v) is 2.85. The molecule has 0 spiro atoms. The molecule has 1 aliphatic heterocycles. The van der Waals surface area contributed by atoms with E-state index in [1.54, 1.807) is 4.90 Å². The Morgan fingerprint density at radius 1 is 1.60 bits per heavy atom. The van der Waals surface area contributed by atoms with Crippen molar-refractivity contribution in [3.8, 4) is 0 Å². The Kier molecular flexibility index (Phi) is 2.83. The number of hydrogen-bond acceptors (Lipinski definition) is 2. The van der Waals surface area contributed by atoms with Gasteiger partial charge in [-0.3, -0.25) is 4.79 Å². The summed E-state index contributed by atoms with van der Waals surface area (Å²) in [6.07, 6.45) is 5.19. The van der Waals surface area contributed by atoms with Gasteiger partial charge in [-0.1, -0.05) is 19.1 Å². The van der Waals surface area contributed by atoms with Crippen LogP contribution in [0.3, 0.4) is 0 Å². The minimum absolute atomic E-state index is 0.0209. The van der Waals surface area contributed by atoms with Crippen molar-refractivity contribution in [1.82, 2.24) is 4.90 Å². The van der Waals surface area contributed by atoms with Crippen LogP contribution < -0.4 is 0 Å². The van der Waals surface area contributed by atoms with Crippen molar-refractivity contribution in [1.29, 1.82) is 0 Å². The molecule has 0 bridgehead atoms. The van der Waals surface area contributed by atoms with E-state index in [0.29, 0.717) is 18.4 Å². The van der Waals surface area contributed by atoms with Crippen LogP contribution in [-0.2, 0) is 9.53 Å². The molecule has 0 radical (unpaired) electrons. The first-order chi connectivity index (χ1) is 7.16. The van der Waals surface area contributed by atoms with Crippen LogP contribution >= 0.6 is 0 Å². The summed E-state index contributed by atoms with van der Waals surface area (Å²) in [5.74, 6) is 1.17. The number of nitrogens with zero attached hydrogens (tertiary/aromatic N) is 1. The van der Waals surface area contributed by atoms with Crippen LogP contribution in [0.25, 0.3) is 0 Å². The molecule has 2 aliphatic rings. The molecule has 3 heteroatoms. The molecule has 0 unspecified atom stereocenters. The number of carbonyl (C=O) groups excluding carboxylic acids is 1. The topological polar surface area (TPSA) is 29.5 Å². The molecule has 1 amide bonds. The van der Waals surface area contributed by atoms with Gasteiger partial charge in [0, 0.05) is 25.5 Å². The maximum atomic E-state index is 12.0. The second-order valence-electron chi connectivity index (χ2n) is 4.50. The standard InChI is InChI=1S/C12H19NO2/c1-4-15-12-10-8(2)6-5-7-9(10)11(14)13(12)3/h5-6,8-10,12H,4,7H2,1-3H3/t8-,9+,10-,12+/m0/s1. The summed E-state index contributed by atoms with van der Waals surface area (Å²) in [5.41, 5.74) is 0. The van der Waals surface area contributed by atoms with Crippen molar-refractivity contribution < 1.29 is 9.53 Å². The van der Waals surface area contributed by atoms with Crippen LogP contribution in [0.4, 0.5) is 0 Å². The predicted molar refractivity (Wildman–Crippen MR) is 58.1 cm³/mol. The Bertz CT molecular complexity index is 287. The lowest BCUT2D eigenvalue weighted by atomic mass is 9.78. The third-order valence-corrected chi connectivity index (χ3v) is 3.61. The molecule has 0 aromatic carbocycles. The minimum atomic E-state index is -0.0209. The van der Waals surface area contributed by atoms with Crippen LogP contribution in [0.5, 0.6) is 0 Å². The lowest BCUT2D eigenvalue weighted by Gasteiger charge is -2.30. The highest BCUT2D eigenvalue weighted by molar-refractivity contribution is 5.82. The van der Waals surface area contributed by atoms with Crippen molar-refractivity contribution >= 4 is 5.91 Å².